The van der Waals surface area contributed by atoms with Gasteiger partial charge in [0.15, 0.2) is 0 Å². The molecule has 27 heavy (non-hydrogen) atoms. The Labute approximate surface area is 153 Å². The minimum absolute atomic E-state index is 0.0223. The second kappa shape index (κ2) is 7.20. The average molecular weight is 387 g/mol. The summed E-state index contributed by atoms with van der Waals surface area (Å²) in [4.78, 5) is 37.5. The molecule has 0 unspecified atom stereocenters. The molecule has 4 amide bonds. The van der Waals surface area contributed by atoms with E-state index in [2.05, 4.69) is 15.7 Å². The van der Waals surface area contributed by atoms with Gasteiger partial charge in [-0.05, 0) is 19.3 Å². The Bertz CT molecular complexity index is 740. The van der Waals surface area contributed by atoms with Crippen molar-refractivity contribution in [3.63, 3.8) is 0 Å². The number of amides is 4. The fourth-order valence-electron chi connectivity index (χ4n) is 3.52. The third-order valence-corrected chi connectivity index (χ3v) is 4.75. The molecule has 1 aliphatic heterocycles. The fraction of sp³-hybridized carbons (Fsp3) is 0.625. The third-order valence-electron chi connectivity index (χ3n) is 4.75. The van der Waals surface area contributed by atoms with Crippen LogP contribution in [-0.2, 0) is 16.1 Å². The third kappa shape index (κ3) is 4.40. The van der Waals surface area contributed by atoms with Crippen molar-refractivity contribution >= 4 is 23.5 Å². The van der Waals surface area contributed by atoms with Crippen molar-refractivity contribution in [1.29, 1.82) is 0 Å². The molecule has 148 valence electrons. The number of carbonyl (C=O) groups is 3. The van der Waals surface area contributed by atoms with Crippen LogP contribution in [0, 0.1) is 0 Å². The summed E-state index contributed by atoms with van der Waals surface area (Å²) in [6.07, 6.45) is 1.16. The van der Waals surface area contributed by atoms with E-state index in [4.69, 9.17) is 0 Å². The minimum atomic E-state index is -4.40. The number of rotatable bonds is 6. The van der Waals surface area contributed by atoms with Crippen LogP contribution in [0.1, 0.15) is 38.5 Å². The van der Waals surface area contributed by atoms with Gasteiger partial charge in [-0.1, -0.05) is 12.8 Å². The molecule has 1 spiro atoms. The van der Waals surface area contributed by atoms with Gasteiger partial charge in [0.25, 0.3) is 5.91 Å². The summed E-state index contributed by atoms with van der Waals surface area (Å²) in [7, 11) is 0. The van der Waals surface area contributed by atoms with Crippen LogP contribution in [-0.4, -0.2) is 50.8 Å². The van der Waals surface area contributed by atoms with E-state index in [0.717, 1.165) is 30.1 Å². The van der Waals surface area contributed by atoms with E-state index in [0.29, 0.717) is 17.5 Å². The molecule has 1 aromatic heterocycles. The second-order valence-electron chi connectivity index (χ2n) is 6.87. The minimum Gasteiger partial charge on any atom is -0.323 e. The van der Waals surface area contributed by atoms with Crippen LogP contribution >= 0.6 is 0 Å². The van der Waals surface area contributed by atoms with Crippen LogP contribution in [0.2, 0.25) is 0 Å². The summed E-state index contributed by atoms with van der Waals surface area (Å²) in [5.41, 5.74) is -0.615. The van der Waals surface area contributed by atoms with Crippen LogP contribution in [0.4, 0.5) is 23.7 Å². The van der Waals surface area contributed by atoms with Gasteiger partial charge in [-0.2, -0.15) is 18.3 Å². The number of imide groups is 1. The molecular weight excluding hydrogens is 367 g/mol. The molecule has 0 radical (unpaired) electrons. The number of nitrogens with zero attached hydrogens (tertiary/aromatic N) is 3. The molecule has 0 bridgehead atoms. The SMILES string of the molecule is O=C(CCCN1C(=O)NC2(CCCC2)C1=O)Nc1cnn(CC(F)(F)F)c1. The second-order valence-corrected chi connectivity index (χ2v) is 6.87. The zero-order chi connectivity index (χ0) is 19.7. The Balaban J connectivity index is 1.45. The highest BCUT2D eigenvalue weighted by Crippen LogP contribution is 2.35. The first-order chi connectivity index (χ1) is 12.7. The Morgan fingerprint density at radius 2 is 2.00 bits per heavy atom. The number of halogens is 3. The first-order valence-corrected chi connectivity index (χ1v) is 8.72. The van der Waals surface area contributed by atoms with Gasteiger partial charge in [0.2, 0.25) is 5.91 Å². The molecule has 3 rings (SSSR count). The predicted octanol–water partition coefficient (Wildman–Crippen LogP) is 2.03. The molecule has 1 saturated carbocycles. The highest BCUT2D eigenvalue weighted by Gasteiger charge is 2.52. The van der Waals surface area contributed by atoms with Gasteiger partial charge in [0.05, 0.1) is 11.9 Å². The molecule has 0 aromatic carbocycles. The molecule has 2 fully saturated rings. The molecular formula is C16H20F3N5O3. The number of hydrogen-bond donors (Lipinski definition) is 2. The normalized spacial score (nSPS) is 19.0. The Morgan fingerprint density at radius 3 is 2.67 bits per heavy atom. The van der Waals surface area contributed by atoms with Crippen molar-refractivity contribution in [3.05, 3.63) is 12.4 Å². The van der Waals surface area contributed by atoms with Gasteiger partial charge in [-0.15, -0.1) is 0 Å². The van der Waals surface area contributed by atoms with Gasteiger partial charge in [0, 0.05) is 19.2 Å². The topological polar surface area (TPSA) is 96.3 Å². The lowest BCUT2D eigenvalue weighted by Crippen LogP contribution is -2.44. The molecule has 2 heterocycles. The molecule has 0 atom stereocenters. The molecule has 2 N–H and O–H groups in total. The maximum atomic E-state index is 12.5. The standard InChI is InChI=1S/C16H20F3N5O3/c17-16(18,19)10-23-9-11(8-20-23)21-12(25)4-3-7-24-13(26)15(22-14(24)27)5-1-2-6-15/h8-9H,1-7,10H2,(H,21,25)(H,22,27). The van der Waals surface area contributed by atoms with E-state index in [1.807, 2.05) is 0 Å². The lowest BCUT2D eigenvalue weighted by molar-refractivity contribution is -0.142. The Hall–Kier alpha value is -2.59. The molecule has 1 saturated heterocycles. The number of alkyl halides is 3. The smallest absolute Gasteiger partial charge is 0.323 e. The van der Waals surface area contributed by atoms with E-state index in [1.165, 1.54) is 0 Å². The van der Waals surface area contributed by atoms with Crippen molar-refractivity contribution in [1.82, 2.24) is 20.0 Å². The number of anilines is 1. The van der Waals surface area contributed by atoms with E-state index in [1.54, 1.807) is 0 Å². The lowest BCUT2D eigenvalue weighted by Gasteiger charge is -2.19. The quantitative estimate of drug-likeness (QED) is 0.730. The summed E-state index contributed by atoms with van der Waals surface area (Å²) in [6, 6.07) is -0.435. The van der Waals surface area contributed by atoms with Crippen molar-refractivity contribution in [2.45, 2.75) is 56.8 Å². The monoisotopic (exact) mass is 387 g/mol. The Kier molecular flexibility index (Phi) is 5.11. The summed E-state index contributed by atoms with van der Waals surface area (Å²) >= 11 is 0. The number of carbonyl (C=O) groups excluding carboxylic acids is 3. The van der Waals surface area contributed by atoms with Gasteiger partial charge < -0.3 is 10.6 Å². The van der Waals surface area contributed by atoms with Crippen molar-refractivity contribution < 1.29 is 27.6 Å². The van der Waals surface area contributed by atoms with Gasteiger partial charge in [-0.25, -0.2) is 4.79 Å². The van der Waals surface area contributed by atoms with Crippen LogP contribution in [0.15, 0.2) is 12.4 Å². The molecule has 8 nitrogen and oxygen atoms in total. The highest BCUT2D eigenvalue weighted by molar-refractivity contribution is 6.07. The molecule has 1 aliphatic carbocycles. The summed E-state index contributed by atoms with van der Waals surface area (Å²) in [5.74, 6) is -0.664. The molecule has 1 aromatic rings. The zero-order valence-corrected chi connectivity index (χ0v) is 14.5. The number of urea groups is 1. The largest absolute Gasteiger partial charge is 0.408 e. The first kappa shape index (κ1) is 19.2. The van der Waals surface area contributed by atoms with Crippen LogP contribution in [0.3, 0.4) is 0 Å². The fourth-order valence-corrected chi connectivity index (χ4v) is 3.52. The van der Waals surface area contributed by atoms with Crippen LogP contribution in [0.25, 0.3) is 0 Å². The summed E-state index contributed by atoms with van der Waals surface area (Å²) < 4.78 is 37.5. The van der Waals surface area contributed by atoms with Gasteiger partial charge >= 0.3 is 12.2 Å². The van der Waals surface area contributed by atoms with Crippen LogP contribution < -0.4 is 10.6 Å². The number of nitrogens with one attached hydrogen (secondary N) is 2. The maximum Gasteiger partial charge on any atom is 0.408 e. The van der Waals surface area contributed by atoms with E-state index >= 15 is 0 Å². The van der Waals surface area contributed by atoms with E-state index < -0.39 is 30.2 Å². The van der Waals surface area contributed by atoms with Crippen molar-refractivity contribution in [2.75, 3.05) is 11.9 Å². The predicted molar refractivity (Wildman–Crippen MR) is 87.6 cm³/mol. The number of hydrogen-bond acceptors (Lipinski definition) is 4. The maximum absolute atomic E-state index is 12.5. The van der Waals surface area contributed by atoms with E-state index in [-0.39, 0.29) is 31.0 Å². The van der Waals surface area contributed by atoms with E-state index in [9.17, 15) is 27.6 Å². The van der Waals surface area contributed by atoms with Gasteiger partial charge in [-0.3, -0.25) is 19.2 Å². The highest BCUT2D eigenvalue weighted by atomic mass is 19.4. The Morgan fingerprint density at radius 1 is 1.30 bits per heavy atom. The average Bonchev–Trinajstić information content (AvgIpc) is 3.24. The molecule has 11 heteroatoms. The zero-order valence-electron chi connectivity index (χ0n) is 14.5. The van der Waals surface area contributed by atoms with Gasteiger partial charge in [0.1, 0.15) is 12.1 Å². The summed E-state index contributed by atoms with van der Waals surface area (Å²) in [6.45, 7) is -1.12. The van der Waals surface area contributed by atoms with Crippen LogP contribution in [0.5, 0.6) is 0 Å². The number of aromatic nitrogens is 2. The van der Waals surface area contributed by atoms with Crippen molar-refractivity contribution in [2.24, 2.45) is 0 Å². The first-order valence-electron chi connectivity index (χ1n) is 8.72. The van der Waals surface area contributed by atoms with Crippen molar-refractivity contribution in [3.8, 4) is 0 Å². The lowest BCUT2D eigenvalue weighted by atomic mass is 9.98. The molecule has 2 aliphatic rings. The summed E-state index contributed by atoms with van der Waals surface area (Å²) in [5, 5.41) is 8.75.